The molecule has 1 aliphatic rings. The van der Waals surface area contributed by atoms with Crippen molar-refractivity contribution in [2.24, 2.45) is 5.73 Å². The molecule has 0 saturated carbocycles. The van der Waals surface area contributed by atoms with Crippen LogP contribution in [0, 0.1) is 0 Å². The molecule has 0 aliphatic carbocycles. The van der Waals surface area contributed by atoms with Crippen LogP contribution in [0.25, 0.3) is 10.9 Å². The molecule has 5 heteroatoms. The van der Waals surface area contributed by atoms with Gasteiger partial charge >= 0.3 is 0 Å². The van der Waals surface area contributed by atoms with Crippen LogP contribution in [-0.4, -0.2) is 35.8 Å². The van der Waals surface area contributed by atoms with Crippen molar-refractivity contribution in [2.75, 3.05) is 25.9 Å². The third-order valence-electron chi connectivity index (χ3n) is 3.83. The number of thioether (sulfide) groups is 1. The Hall–Kier alpha value is -0.810. The van der Waals surface area contributed by atoms with Crippen molar-refractivity contribution in [2.45, 2.75) is 24.3 Å². The van der Waals surface area contributed by atoms with Crippen molar-refractivity contribution in [3.8, 4) is 0 Å². The molecular weight excluding hydrogens is 302 g/mol. The highest BCUT2D eigenvalue weighted by molar-refractivity contribution is 7.99. The van der Waals surface area contributed by atoms with Gasteiger partial charge in [0.15, 0.2) is 0 Å². The summed E-state index contributed by atoms with van der Waals surface area (Å²) >= 11 is 8.09. The van der Waals surface area contributed by atoms with Gasteiger partial charge in [0.25, 0.3) is 0 Å². The Morgan fingerprint density at radius 2 is 2.29 bits per heavy atom. The van der Waals surface area contributed by atoms with Crippen molar-refractivity contribution in [3.05, 3.63) is 34.5 Å². The molecule has 0 radical (unpaired) electrons. The second-order valence-electron chi connectivity index (χ2n) is 5.51. The molecule has 1 aliphatic heterocycles. The molecule has 0 fully saturated rings. The molecule has 0 atom stereocenters. The standard InChI is InChI=1S/C16H20ClN3S/c1-20-7-5-15-13(10-20)16(21-8-2-6-18)12-9-11(17)3-4-14(12)19-15/h3-4,9H,2,5-8,10,18H2,1H3. The van der Waals surface area contributed by atoms with E-state index in [1.54, 1.807) is 0 Å². The van der Waals surface area contributed by atoms with Crippen LogP contribution < -0.4 is 5.73 Å². The van der Waals surface area contributed by atoms with Crippen molar-refractivity contribution in [1.29, 1.82) is 0 Å². The molecule has 2 heterocycles. The molecule has 2 aromatic rings. The summed E-state index contributed by atoms with van der Waals surface area (Å²) in [6.45, 7) is 2.78. The van der Waals surface area contributed by atoms with Crippen LogP contribution in [0.4, 0.5) is 0 Å². The maximum absolute atomic E-state index is 6.20. The van der Waals surface area contributed by atoms with Crippen LogP contribution in [0.3, 0.4) is 0 Å². The first-order chi connectivity index (χ1) is 10.2. The van der Waals surface area contributed by atoms with E-state index < -0.39 is 0 Å². The number of benzene rings is 1. The zero-order valence-electron chi connectivity index (χ0n) is 12.2. The Morgan fingerprint density at radius 3 is 3.10 bits per heavy atom. The van der Waals surface area contributed by atoms with Gasteiger partial charge in [0.1, 0.15) is 0 Å². The zero-order chi connectivity index (χ0) is 14.8. The smallest absolute Gasteiger partial charge is 0.0717 e. The van der Waals surface area contributed by atoms with E-state index in [0.29, 0.717) is 0 Å². The molecule has 3 rings (SSSR count). The normalized spacial score (nSPS) is 15.4. The third kappa shape index (κ3) is 3.19. The number of rotatable bonds is 4. The monoisotopic (exact) mass is 321 g/mol. The molecular formula is C16H20ClN3S. The van der Waals surface area contributed by atoms with E-state index in [1.807, 2.05) is 30.0 Å². The Bertz CT molecular complexity index is 660. The van der Waals surface area contributed by atoms with Gasteiger partial charge in [-0.05, 0) is 44.0 Å². The van der Waals surface area contributed by atoms with Crippen LogP contribution in [0.1, 0.15) is 17.7 Å². The minimum atomic E-state index is 0.735. The van der Waals surface area contributed by atoms with Gasteiger partial charge in [0.05, 0.1) is 5.52 Å². The van der Waals surface area contributed by atoms with Crippen LogP contribution in [0.2, 0.25) is 5.02 Å². The maximum Gasteiger partial charge on any atom is 0.0717 e. The number of hydrogen-bond donors (Lipinski definition) is 1. The summed E-state index contributed by atoms with van der Waals surface area (Å²) in [5.41, 5.74) is 9.31. The average Bonchev–Trinajstić information content (AvgIpc) is 2.47. The van der Waals surface area contributed by atoms with Gasteiger partial charge in [-0.2, -0.15) is 0 Å². The van der Waals surface area contributed by atoms with E-state index in [0.717, 1.165) is 48.8 Å². The SMILES string of the molecule is CN1CCc2nc3ccc(Cl)cc3c(SCCCN)c2C1. The fourth-order valence-corrected chi connectivity index (χ4v) is 4.09. The molecule has 0 bridgehead atoms. The van der Waals surface area contributed by atoms with E-state index in [1.165, 1.54) is 21.5 Å². The van der Waals surface area contributed by atoms with Gasteiger partial charge in [-0.3, -0.25) is 4.98 Å². The second kappa shape index (κ2) is 6.53. The summed E-state index contributed by atoms with van der Waals surface area (Å²) in [6, 6.07) is 6.00. The number of fused-ring (bicyclic) bond motifs is 2. The summed E-state index contributed by atoms with van der Waals surface area (Å²) in [6.07, 6.45) is 2.05. The first-order valence-electron chi connectivity index (χ1n) is 7.31. The first kappa shape index (κ1) is 15.1. The molecule has 0 saturated heterocycles. The summed E-state index contributed by atoms with van der Waals surface area (Å²) in [4.78, 5) is 8.56. The Morgan fingerprint density at radius 1 is 1.43 bits per heavy atom. The van der Waals surface area contributed by atoms with E-state index in [4.69, 9.17) is 22.3 Å². The molecule has 21 heavy (non-hydrogen) atoms. The van der Waals surface area contributed by atoms with E-state index in [2.05, 4.69) is 11.9 Å². The summed E-state index contributed by atoms with van der Waals surface area (Å²) in [7, 11) is 2.17. The van der Waals surface area contributed by atoms with Gasteiger partial charge < -0.3 is 10.6 Å². The highest BCUT2D eigenvalue weighted by Gasteiger charge is 2.20. The topological polar surface area (TPSA) is 42.2 Å². The van der Waals surface area contributed by atoms with Crippen molar-refractivity contribution in [1.82, 2.24) is 9.88 Å². The minimum Gasteiger partial charge on any atom is -0.330 e. The minimum absolute atomic E-state index is 0.735. The van der Waals surface area contributed by atoms with E-state index in [-0.39, 0.29) is 0 Å². The molecule has 0 amide bonds. The summed E-state index contributed by atoms with van der Waals surface area (Å²) in [5.74, 6) is 1.04. The molecule has 2 N–H and O–H groups in total. The van der Waals surface area contributed by atoms with Crippen molar-refractivity contribution < 1.29 is 0 Å². The van der Waals surface area contributed by atoms with Gasteiger partial charge in [-0.25, -0.2) is 0 Å². The van der Waals surface area contributed by atoms with Crippen LogP contribution >= 0.6 is 23.4 Å². The maximum atomic E-state index is 6.20. The molecule has 112 valence electrons. The molecule has 1 aromatic carbocycles. The Kier molecular flexibility index (Phi) is 4.69. The van der Waals surface area contributed by atoms with Crippen molar-refractivity contribution >= 4 is 34.3 Å². The number of halogens is 1. The Labute approximate surface area is 134 Å². The summed E-state index contributed by atoms with van der Waals surface area (Å²) in [5, 5.41) is 1.95. The lowest BCUT2D eigenvalue weighted by molar-refractivity contribution is 0.307. The molecule has 0 unspecified atom stereocenters. The van der Waals surface area contributed by atoms with Crippen LogP contribution in [0.15, 0.2) is 23.1 Å². The highest BCUT2D eigenvalue weighted by atomic mass is 35.5. The quantitative estimate of drug-likeness (QED) is 0.693. The second-order valence-corrected chi connectivity index (χ2v) is 7.05. The van der Waals surface area contributed by atoms with Gasteiger partial charge in [0, 0.05) is 46.1 Å². The lowest BCUT2D eigenvalue weighted by atomic mass is 10.0. The number of hydrogen-bond acceptors (Lipinski definition) is 4. The number of nitrogens with zero attached hydrogens (tertiary/aromatic N) is 2. The number of nitrogens with two attached hydrogens (primary N) is 1. The largest absolute Gasteiger partial charge is 0.330 e. The number of likely N-dealkylation sites (N-methyl/N-ethyl adjacent to an activating group) is 1. The Balaban J connectivity index is 2.12. The van der Waals surface area contributed by atoms with Gasteiger partial charge in [-0.15, -0.1) is 11.8 Å². The van der Waals surface area contributed by atoms with Gasteiger partial charge in [0.2, 0.25) is 0 Å². The van der Waals surface area contributed by atoms with Crippen LogP contribution in [-0.2, 0) is 13.0 Å². The van der Waals surface area contributed by atoms with Crippen molar-refractivity contribution in [3.63, 3.8) is 0 Å². The number of aromatic nitrogens is 1. The highest BCUT2D eigenvalue weighted by Crippen LogP contribution is 2.36. The summed E-state index contributed by atoms with van der Waals surface area (Å²) < 4.78 is 0. The van der Waals surface area contributed by atoms with E-state index >= 15 is 0 Å². The average molecular weight is 322 g/mol. The predicted molar refractivity (Wildman–Crippen MR) is 91.2 cm³/mol. The lowest BCUT2D eigenvalue weighted by Gasteiger charge is -2.27. The molecule has 0 spiro atoms. The third-order valence-corrected chi connectivity index (χ3v) is 5.32. The fraction of sp³-hybridized carbons (Fsp3) is 0.438. The lowest BCUT2D eigenvalue weighted by Crippen LogP contribution is -2.28. The molecule has 1 aromatic heterocycles. The van der Waals surface area contributed by atoms with Crippen LogP contribution in [0.5, 0.6) is 0 Å². The van der Waals surface area contributed by atoms with Gasteiger partial charge in [-0.1, -0.05) is 11.6 Å². The first-order valence-corrected chi connectivity index (χ1v) is 8.68. The predicted octanol–water partition coefficient (Wildman–Crippen LogP) is 3.32. The van der Waals surface area contributed by atoms with E-state index in [9.17, 15) is 0 Å². The molecule has 3 nitrogen and oxygen atoms in total. The fourth-order valence-electron chi connectivity index (χ4n) is 2.73. The zero-order valence-corrected chi connectivity index (χ0v) is 13.8. The number of pyridine rings is 1.